The number of aromatic amines is 2. The third kappa shape index (κ3) is 13.7. The summed E-state index contributed by atoms with van der Waals surface area (Å²) in [6.45, 7) is 12.4. The molecule has 2 aromatic heterocycles. The predicted octanol–water partition coefficient (Wildman–Crippen LogP) is 2.66. The number of hydrogen-bond acceptors (Lipinski definition) is 10. The first-order chi connectivity index (χ1) is 23.4. The normalized spacial score (nSPS) is 12.2. The Morgan fingerprint density at radius 2 is 1.02 bits per heavy atom. The maximum Gasteiger partial charge on any atom is 0.328 e. The Hall–Kier alpha value is -4.76. The number of rotatable bonds is 22. The zero-order chi connectivity index (χ0) is 36.3. The van der Waals surface area contributed by atoms with Crippen molar-refractivity contribution in [2.24, 2.45) is 11.8 Å². The van der Waals surface area contributed by atoms with Crippen LogP contribution in [-0.2, 0) is 19.1 Å². The summed E-state index contributed by atoms with van der Waals surface area (Å²) in [6, 6.07) is -1.79. The molecule has 0 aliphatic rings. The highest BCUT2D eigenvalue weighted by Crippen LogP contribution is 2.12. The fraction of sp³-hybridized carbons (Fsp3) is 0.636. The Labute approximate surface area is 287 Å². The first kappa shape index (κ1) is 40.4. The molecule has 0 spiro atoms. The number of H-pyrrole nitrogens is 2. The van der Waals surface area contributed by atoms with Gasteiger partial charge in [0.05, 0.1) is 25.9 Å². The molecule has 2 aromatic rings. The minimum absolute atomic E-state index is 0.0812. The first-order valence-corrected chi connectivity index (χ1v) is 17.0. The number of imidazole rings is 2. The van der Waals surface area contributed by atoms with E-state index in [0.717, 1.165) is 12.8 Å². The molecule has 0 fully saturated rings. The van der Waals surface area contributed by atoms with Gasteiger partial charge in [-0.3, -0.25) is 19.2 Å². The number of esters is 2. The second-order valence-corrected chi connectivity index (χ2v) is 12.5. The molecule has 0 saturated heterocycles. The quantitative estimate of drug-likeness (QED) is 0.0783. The summed E-state index contributed by atoms with van der Waals surface area (Å²) in [5, 5.41) is 10.6. The van der Waals surface area contributed by atoms with Crippen molar-refractivity contribution in [3.05, 3.63) is 35.4 Å². The maximum atomic E-state index is 13.0. The van der Waals surface area contributed by atoms with Crippen LogP contribution in [-0.4, -0.2) is 93.9 Å². The third-order valence-corrected chi connectivity index (χ3v) is 7.17. The van der Waals surface area contributed by atoms with Crippen molar-refractivity contribution in [3.8, 4) is 0 Å². The molecule has 0 radical (unpaired) electrons. The van der Waals surface area contributed by atoms with Crippen molar-refractivity contribution in [2.45, 2.75) is 98.6 Å². The molecule has 0 saturated carbocycles. The Morgan fingerprint density at radius 1 is 0.633 bits per heavy atom. The van der Waals surface area contributed by atoms with E-state index in [-0.39, 0.29) is 60.9 Å². The van der Waals surface area contributed by atoms with Crippen LogP contribution in [0.25, 0.3) is 0 Å². The molecular weight excluding hydrogens is 636 g/mol. The second-order valence-electron chi connectivity index (χ2n) is 12.5. The number of amides is 4. The van der Waals surface area contributed by atoms with Crippen LogP contribution in [0.1, 0.15) is 128 Å². The third-order valence-electron chi connectivity index (χ3n) is 7.17. The topological polar surface area (TPSA) is 226 Å². The first-order valence-electron chi connectivity index (χ1n) is 17.0. The number of unbranched alkanes of at least 4 members (excludes halogenated alkanes) is 2. The minimum atomic E-state index is -0.893. The van der Waals surface area contributed by atoms with E-state index in [1.54, 1.807) is 0 Å². The van der Waals surface area contributed by atoms with E-state index in [9.17, 15) is 28.8 Å². The standard InChI is InChI=1S/C33H52N8O8/c1-7-9-14-48-32(46)22(16-20(3)4)40-30(44)26-24(36-18-38-26)28(42)34-12-11-13-35-29(43)25-27(39-19-37-25)31(45)41-23(17-21(5)6)33(47)49-15-10-8-2/h18-23H,7-17H2,1-6H3,(H,34,42)(H,35,43)(H,36,38)(H,37,39)(H,40,44)(H,41,45)/t22-,23-/m0/s1. The highest BCUT2D eigenvalue weighted by Gasteiger charge is 2.29. The lowest BCUT2D eigenvalue weighted by molar-refractivity contribution is -0.147. The zero-order valence-corrected chi connectivity index (χ0v) is 29.4. The highest BCUT2D eigenvalue weighted by molar-refractivity contribution is 6.06. The van der Waals surface area contributed by atoms with Crippen LogP contribution in [0.3, 0.4) is 0 Å². The molecule has 0 bridgehead atoms. The highest BCUT2D eigenvalue weighted by atomic mass is 16.5. The second kappa shape index (κ2) is 21.3. The summed E-state index contributed by atoms with van der Waals surface area (Å²) in [5.74, 6) is -3.49. The molecule has 49 heavy (non-hydrogen) atoms. The average molecular weight is 689 g/mol. The van der Waals surface area contributed by atoms with E-state index < -0.39 is 47.7 Å². The van der Waals surface area contributed by atoms with Crippen molar-refractivity contribution in [1.82, 2.24) is 41.2 Å². The Morgan fingerprint density at radius 3 is 1.37 bits per heavy atom. The minimum Gasteiger partial charge on any atom is -0.464 e. The number of hydrogen-bond donors (Lipinski definition) is 6. The number of carbonyl (C=O) groups is 6. The van der Waals surface area contributed by atoms with Gasteiger partial charge in [0.2, 0.25) is 0 Å². The molecule has 272 valence electrons. The van der Waals surface area contributed by atoms with Crippen molar-refractivity contribution in [2.75, 3.05) is 26.3 Å². The largest absolute Gasteiger partial charge is 0.464 e. The molecule has 16 nitrogen and oxygen atoms in total. The van der Waals surface area contributed by atoms with Crippen LogP contribution in [0, 0.1) is 11.8 Å². The molecule has 0 aromatic carbocycles. The molecule has 0 unspecified atom stereocenters. The monoisotopic (exact) mass is 688 g/mol. The molecule has 0 aliphatic heterocycles. The number of nitrogens with zero attached hydrogens (tertiary/aromatic N) is 2. The van der Waals surface area contributed by atoms with E-state index in [4.69, 9.17) is 9.47 Å². The zero-order valence-electron chi connectivity index (χ0n) is 29.4. The SMILES string of the molecule is CCCCOC(=O)[C@H](CC(C)C)NC(=O)c1nc[nH]c1C(=O)NCCCNC(=O)c1[nH]cnc1C(=O)N[C@@H](CC(C)C)C(=O)OCCCC. The van der Waals surface area contributed by atoms with Crippen LogP contribution in [0.15, 0.2) is 12.7 Å². The summed E-state index contributed by atoms with van der Waals surface area (Å²) in [6.07, 6.45) is 6.56. The summed E-state index contributed by atoms with van der Waals surface area (Å²) in [5.41, 5.74) is -0.503. The van der Waals surface area contributed by atoms with Gasteiger partial charge in [0.15, 0.2) is 11.4 Å². The smallest absolute Gasteiger partial charge is 0.328 e. The molecule has 16 heteroatoms. The number of nitrogens with one attached hydrogen (secondary N) is 6. The van der Waals surface area contributed by atoms with Gasteiger partial charge in [-0.25, -0.2) is 19.6 Å². The maximum absolute atomic E-state index is 13.0. The lowest BCUT2D eigenvalue weighted by Crippen LogP contribution is -2.43. The van der Waals surface area contributed by atoms with Gasteiger partial charge in [-0.2, -0.15) is 0 Å². The van der Waals surface area contributed by atoms with Crippen molar-refractivity contribution in [3.63, 3.8) is 0 Å². The van der Waals surface area contributed by atoms with Gasteiger partial charge in [-0.05, 0) is 43.9 Å². The fourth-order valence-corrected chi connectivity index (χ4v) is 4.61. The van der Waals surface area contributed by atoms with E-state index in [1.807, 2.05) is 41.5 Å². The molecular formula is C33H52N8O8. The molecule has 0 aliphatic carbocycles. The van der Waals surface area contributed by atoms with Gasteiger partial charge in [-0.15, -0.1) is 0 Å². The van der Waals surface area contributed by atoms with Gasteiger partial charge in [0, 0.05) is 13.1 Å². The van der Waals surface area contributed by atoms with Crippen molar-refractivity contribution >= 4 is 35.6 Å². The van der Waals surface area contributed by atoms with E-state index >= 15 is 0 Å². The molecule has 2 atom stereocenters. The van der Waals surface area contributed by atoms with E-state index in [2.05, 4.69) is 41.2 Å². The predicted molar refractivity (Wildman–Crippen MR) is 180 cm³/mol. The number of carbonyl (C=O) groups excluding carboxylic acids is 6. The van der Waals surface area contributed by atoms with Gasteiger partial charge in [-0.1, -0.05) is 54.4 Å². The summed E-state index contributed by atoms with van der Waals surface area (Å²) in [4.78, 5) is 90.1. The Bertz CT molecular complexity index is 1280. The van der Waals surface area contributed by atoms with Crippen LogP contribution >= 0.6 is 0 Å². The molecule has 2 heterocycles. The fourth-order valence-electron chi connectivity index (χ4n) is 4.61. The number of aromatic nitrogens is 4. The molecule has 2 rings (SSSR count). The summed E-state index contributed by atoms with van der Waals surface area (Å²) < 4.78 is 10.6. The lowest BCUT2D eigenvalue weighted by atomic mass is 10.0. The van der Waals surface area contributed by atoms with Gasteiger partial charge in [0.25, 0.3) is 23.6 Å². The average Bonchev–Trinajstić information content (AvgIpc) is 3.74. The molecule has 4 amide bonds. The van der Waals surface area contributed by atoms with E-state index in [0.29, 0.717) is 32.1 Å². The van der Waals surface area contributed by atoms with Crippen LogP contribution < -0.4 is 21.3 Å². The lowest BCUT2D eigenvalue weighted by Gasteiger charge is -2.19. The van der Waals surface area contributed by atoms with Gasteiger partial charge in [0.1, 0.15) is 23.5 Å². The van der Waals surface area contributed by atoms with Crippen molar-refractivity contribution < 1.29 is 38.2 Å². The van der Waals surface area contributed by atoms with Gasteiger partial charge >= 0.3 is 11.9 Å². The Balaban J connectivity index is 1.90. The summed E-state index contributed by atoms with van der Waals surface area (Å²) in [7, 11) is 0. The van der Waals surface area contributed by atoms with Crippen molar-refractivity contribution in [1.29, 1.82) is 0 Å². The number of ether oxygens (including phenoxy) is 2. The van der Waals surface area contributed by atoms with E-state index in [1.165, 1.54) is 12.7 Å². The summed E-state index contributed by atoms with van der Waals surface area (Å²) >= 11 is 0. The molecule has 6 N–H and O–H groups in total. The Kier molecular flexibility index (Phi) is 17.5. The van der Waals surface area contributed by atoms with Crippen LogP contribution in [0.4, 0.5) is 0 Å². The van der Waals surface area contributed by atoms with Gasteiger partial charge < -0.3 is 40.7 Å². The van der Waals surface area contributed by atoms with Crippen LogP contribution in [0.2, 0.25) is 0 Å². The van der Waals surface area contributed by atoms with Crippen LogP contribution in [0.5, 0.6) is 0 Å².